The van der Waals surface area contributed by atoms with Gasteiger partial charge in [-0.1, -0.05) is 26.0 Å². The van der Waals surface area contributed by atoms with E-state index in [1.807, 2.05) is 39.0 Å². The second kappa shape index (κ2) is 11.4. The van der Waals surface area contributed by atoms with E-state index in [0.29, 0.717) is 25.0 Å². The molecule has 0 aliphatic heterocycles. The van der Waals surface area contributed by atoms with Gasteiger partial charge in [-0.05, 0) is 62.1 Å². The Kier molecular flexibility index (Phi) is 8.87. The summed E-state index contributed by atoms with van der Waals surface area (Å²) in [4.78, 5) is 24.6. The van der Waals surface area contributed by atoms with Gasteiger partial charge in [0.2, 0.25) is 5.91 Å². The third kappa shape index (κ3) is 6.07. The fourth-order valence-electron chi connectivity index (χ4n) is 3.36. The Morgan fingerprint density at radius 1 is 1.13 bits per heavy atom. The van der Waals surface area contributed by atoms with Crippen LogP contribution in [0.5, 0.6) is 11.5 Å². The number of anilines is 1. The zero-order valence-corrected chi connectivity index (χ0v) is 18.2. The minimum atomic E-state index is -0.189. The van der Waals surface area contributed by atoms with Crippen LogP contribution in [0.2, 0.25) is 0 Å². The molecule has 162 valence electrons. The van der Waals surface area contributed by atoms with Gasteiger partial charge in [0, 0.05) is 18.0 Å². The summed E-state index contributed by atoms with van der Waals surface area (Å²) in [7, 11) is 0. The van der Waals surface area contributed by atoms with Crippen molar-refractivity contribution >= 4 is 17.4 Å². The molecule has 6 heteroatoms. The number of hydrogen-bond donors (Lipinski definition) is 3. The largest absolute Gasteiger partial charge is 0.506 e. The maximum atomic E-state index is 12.7. The molecule has 3 N–H and O–H groups in total. The van der Waals surface area contributed by atoms with E-state index in [1.54, 1.807) is 6.07 Å². The number of nitrogens with one attached hydrogen (secondary N) is 2. The van der Waals surface area contributed by atoms with E-state index in [2.05, 4.69) is 17.6 Å². The van der Waals surface area contributed by atoms with E-state index >= 15 is 0 Å². The van der Waals surface area contributed by atoms with Crippen LogP contribution in [0.15, 0.2) is 36.4 Å². The first-order valence-electron chi connectivity index (χ1n) is 10.5. The van der Waals surface area contributed by atoms with Gasteiger partial charge < -0.3 is 20.5 Å². The Balaban J connectivity index is 2.10. The molecule has 30 heavy (non-hydrogen) atoms. The van der Waals surface area contributed by atoms with E-state index in [-0.39, 0.29) is 35.7 Å². The number of Topliss-reactive ketones (excluding diaryl/α,β-unsaturated/α-hetero) is 1. The molecular formula is C24H32N2O4. The number of aromatic hydroxyl groups is 1. The summed E-state index contributed by atoms with van der Waals surface area (Å²) in [6, 6.07) is 10.5. The van der Waals surface area contributed by atoms with Crippen LogP contribution in [0.1, 0.15) is 67.6 Å². The first-order valence-corrected chi connectivity index (χ1v) is 10.5. The number of phenolic OH excluding ortho intramolecular Hbond substituents is 1. The molecule has 2 rings (SSSR count). The first kappa shape index (κ1) is 23.4. The zero-order chi connectivity index (χ0) is 22.1. The number of carbonyl (C=O) groups is 2. The third-order valence-corrected chi connectivity index (χ3v) is 4.99. The summed E-state index contributed by atoms with van der Waals surface area (Å²) in [6.07, 6.45) is 1.88. The standard InChI is InChI=1S/C24H32N2O4/c1-5-9-24(29)26-20-14-17(12-13-21(20)27)22(28)15-25-19(6-2)18-10-8-11-23(16(18)4)30-7-3/h8,10-14,19,25,27H,5-7,9,15H2,1-4H3,(H,26,29). The molecule has 0 heterocycles. The van der Waals surface area contributed by atoms with Crippen LogP contribution in [0, 0.1) is 6.92 Å². The highest BCUT2D eigenvalue weighted by Gasteiger charge is 2.17. The molecule has 0 aliphatic rings. The van der Waals surface area contributed by atoms with Gasteiger partial charge in [-0.2, -0.15) is 0 Å². The Bertz CT molecular complexity index is 880. The van der Waals surface area contributed by atoms with Gasteiger partial charge in [-0.15, -0.1) is 0 Å². The highest BCUT2D eigenvalue weighted by Crippen LogP contribution is 2.28. The lowest BCUT2D eigenvalue weighted by Gasteiger charge is -2.21. The summed E-state index contributed by atoms with van der Waals surface area (Å²) in [5.41, 5.74) is 2.86. The van der Waals surface area contributed by atoms with Crippen LogP contribution in [-0.4, -0.2) is 29.9 Å². The van der Waals surface area contributed by atoms with Crippen LogP contribution in [0.3, 0.4) is 0 Å². The summed E-state index contributed by atoms with van der Waals surface area (Å²) in [6.45, 7) is 8.70. The summed E-state index contributed by atoms with van der Waals surface area (Å²) in [5, 5.41) is 16.0. The second-order valence-electron chi connectivity index (χ2n) is 7.20. The normalized spacial score (nSPS) is 11.7. The van der Waals surface area contributed by atoms with Crippen molar-refractivity contribution in [2.75, 3.05) is 18.5 Å². The molecule has 6 nitrogen and oxygen atoms in total. The molecule has 0 fully saturated rings. The van der Waals surface area contributed by atoms with Crippen molar-refractivity contribution in [1.29, 1.82) is 0 Å². The fraction of sp³-hybridized carbons (Fsp3) is 0.417. The van der Waals surface area contributed by atoms with E-state index in [0.717, 1.165) is 23.3 Å². The topological polar surface area (TPSA) is 87.7 Å². The van der Waals surface area contributed by atoms with E-state index < -0.39 is 0 Å². The van der Waals surface area contributed by atoms with Gasteiger partial charge in [-0.3, -0.25) is 9.59 Å². The maximum absolute atomic E-state index is 12.7. The Morgan fingerprint density at radius 2 is 1.90 bits per heavy atom. The predicted octanol–water partition coefficient (Wildman–Crippen LogP) is 4.76. The lowest BCUT2D eigenvalue weighted by atomic mass is 9.98. The molecule has 0 saturated heterocycles. The number of amides is 1. The Labute approximate surface area is 178 Å². The second-order valence-corrected chi connectivity index (χ2v) is 7.20. The van der Waals surface area contributed by atoms with Gasteiger partial charge in [-0.25, -0.2) is 0 Å². The maximum Gasteiger partial charge on any atom is 0.224 e. The van der Waals surface area contributed by atoms with Gasteiger partial charge in [0.05, 0.1) is 18.8 Å². The number of benzene rings is 2. The smallest absolute Gasteiger partial charge is 0.224 e. The number of ketones is 1. The lowest BCUT2D eigenvalue weighted by molar-refractivity contribution is -0.116. The molecule has 1 atom stereocenters. The number of rotatable bonds is 11. The lowest BCUT2D eigenvalue weighted by Crippen LogP contribution is -2.28. The van der Waals surface area contributed by atoms with Crippen molar-refractivity contribution in [3.05, 3.63) is 53.1 Å². The third-order valence-electron chi connectivity index (χ3n) is 4.99. The highest BCUT2D eigenvalue weighted by atomic mass is 16.5. The molecular weight excluding hydrogens is 380 g/mol. The molecule has 1 amide bonds. The zero-order valence-electron chi connectivity index (χ0n) is 18.2. The molecule has 0 saturated carbocycles. The first-order chi connectivity index (χ1) is 14.4. The minimum Gasteiger partial charge on any atom is -0.506 e. The Hall–Kier alpha value is -2.86. The molecule has 0 aliphatic carbocycles. The summed E-state index contributed by atoms with van der Waals surface area (Å²) >= 11 is 0. The van der Waals surface area contributed by atoms with Crippen molar-refractivity contribution in [2.45, 2.75) is 53.0 Å². The molecule has 2 aromatic rings. The van der Waals surface area contributed by atoms with Crippen LogP contribution in [-0.2, 0) is 4.79 Å². The Morgan fingerprint density at radius 3 is 2.57 bits per heavy atom. The van der Waals surface area contributed by atoms with Gasteiger partial charge in [0.15, 0.2) is 5.78 Å². The van der Waals surface area contributed by atoms with Crippen molar-refractivity contribution in [3.63, 3.8) is 0 Å². The van der Waals surface area contributed by atoms with Crippen molar-refractivity contribution in [3.8, 4) is 11.5 Å². The molecule has 1 unspecified atom stereocenters. The highest BCUT2D eigenvalue weighted by molar-refractivity contribution is 6.00. The number of ether oxygens (including phenoxy) is 1. The van der Waals surface area contributed by atoms with Gasteiger partial charge in [0.1, 0.15) is 11.5 Å². The SMILES string of the molecule is CCCC(=O)Nc1cc(C(=O)CNC(CC)c2cccc(OCC)c2C)ccc1O. The van der Waals surface area contributed by atoms with E-state index in [1.165, 1.54) is 12.1 Å². The predicted molar refractivity (Wildman–Crippen MR) is 119 cm³/mol. The van der Waals surface area contributed by atoms with Crippen molar-refractivity contribution in [1.82, 2.24) is 5.32 Å². The number of phenols is 1. The van der Waals surface area contributed by atoms with Crippen molar-refractivity contribution < 1.29 is 19.4 Å². The van der Waals surface area contributed by atoms with Crippen LogP contribution >= 0.6 is 0 Å². The molecule has 2 aromatic carbocycles. The summed E-state index contributed by atoms with van der Waals surface area (Å²) in [5.74, 6) is 0.496. The van der Waals surface area contributed by atoms with Crippen LogP contribution < -0.4 is 15.4 Å². The summed E-state index contributed by atoms with van der Waals surface area (Å²) < 4.78 is 5.69. The number of hydrogen-bond acceptors (Lipinski definition) is 5. The number of carbonyl (C=O) groups excluding carboxylic acids is 2. The average molecular weight is 413 g/mol. The monoisotopic (exact) mass is 412 g/mol. The van der Waals surface area contributed by atoms with Crippen LogP contribution in [0.25, 0.3) is 0 Å². The quantitative estimate of drug-likeness (QED) is 0.366. The minimum absolute atomic E-state index is 0.00944. The van der Waals surface area contributed by atoms with E-state index in [9.17, 15) is 14.7 Å². The van der Waals surface area contributed by atoms with Gasteiger partial charge in [0.25, 0.3) is 0 Å². The van der Waals surface area contributed by atoms with Gasteiger partial charge >= 0.3 is 0 Å². The van der Waals surface area contributed by atoms with E-state index in [4.69, 9.17) is 4.74 Å². The molecule has 0 aromatic heterocycles. The molecule has 0 spiro atoms. The van der Waals surface area contributed by atoms with Crippen LogP contribution in [0.4, 0.5) is 5.69 Å². The molecule has 0 bridgehead atoms. The van der Waals surface area contributed by atoms with Crippen molar-refractivity contribution in [2.24, 2.45) is 0 Å². The molecule has 0 radical (unpaired) electrons. The fourth-order valence-corrected chi connectivity index (χ4v) is 3.36. The average Bonchev–Trinajstić information content (AvgIpc) is 2.72.